The topological polar surface area (TPSA) is 87.7 Å². The summed E-state index contributed by atoms with van der Waals surface area (Å²) in [5.41, 5.74) is 1.79. The number of aryl methyl sites for hydroxylation is 1. The smallest absolute Gasteiger partial charge is 0.335 e. The number of carboxylic acids is 1. The van der Waals surface area contributed by atoms with Gasteiger partial charge in [0.2, 0.25) is 0 Å². The molecule has 0 unspecified atom stereocenters. The van der Waals surface area contributed by atoms with Crippen LogP contribution in [0.15, 0.2) is 48.5 Å². The Balaban J connectivity index is 1.66. The van der Waals surface area contributed by atoms with Crippen LogP contribution in [-0.4, -0.2) is 30.3 Å². The van der Waals surface area contributed by atoms with Crippen LogP contribution in [0.1, 0.15) is 22.3 Å². The average Bonchev–Trinajstić information content (AvgIpc) is 2.56. The van der Waals surface area contributed by atoms with Crippen molar-refractivity contribution in [2.24, 2.45) is 0 Å². The first-order valence-corrected chi connectivity index (χ1v) is 7.63. The van der Waals surface area contributed by atoms with E-state index in [-0.39, 0.29) is 11.6 Å². The van der Waals surface area contributed by atoms with E-state index in [1.807, 2.05) is 31.2 Å². The number of urea groups is 1. The van der Waals surface area contributed by atoms with Crippen molar-refractivity contribution >= 4 is 17.7 Å². The highest BCUT2D eigenvalue weighted by Crippen LogP contribution is 2.16. The molecule has 3 N–H and O–H groups in total. The maximum absolute atomic E-state index is 11.7. The fraction of sp³-hybridized carbons (Fsp3) is 0.222. The molecule has 6 heteroatoms. The molecule has 0 aromatic heterocycles. The minimum absolute atomic E-state index is 0.175. The highest BCUT2D eigenvalue weighted by Gasteiger charge is 2.04. The molecule has 0 heterocycles. The Labute approximate surface area is 140 Å². The lowest BCUT2D eigenvalue weighted by Gasteiger charge is -2.10. The highest BCUT2D eigenvalue weighted by atomic mass is 16.5. The van der Waals surface area contributed by atoms with Crippen LogP contribution >= 0.6 is 0 Å². The number of amides is 2. The number of carboxylic acid groups (broad SMARTS) is 1. The second-order valence-electron chi connectivity index (χ2n) is 5.23. The van der Waals surface area contributed by atoms with Crippen LogP contribution in [-0.2, 0) is 0 Å². The molecule has 0 saturated carbocycles. The Hall–Kier alpha value is -3.02. The van der Waals surface area contributed by atoms with Gasteiger partial charge >= 0.3 is 12.0 Å². The van der Waals surface area contributed by atoms with E-state index in [0.29, 0.717) is 25.3 Å². The maximum atomic E-state index is 11.7. The van der Waals surface area contributed by atoms with Gasteiger partial charge in [0.15, 0.2) is 0 Å². The van der Waals surface area contributed by atoms with Crippen molar-refractivity contribution in [2.45, 2.75) is 13.3 Å². The summed E-state index contributed by atoms with van der Waals surface area (Å²) in [6, 6.07) is 13.4. The molecular weight excluding hydrogens is 308 g/mol. The highest BCUT2D eigenvalue weighted by molar-refractivity contribution is 5.91. The van der Waals surface area contributed by atoms with Gasteiger partial charge in [0.05, 0.1) is 12.2 Å². The van der Waals surface area contributed by atoms with Crippen molar-refractivity contribution in [3.63, 3.8) is 0 Å². The van der Waals surface area contributed by atoms with Crippen LogP contribution in [0.5, 0.6) is 5.75 Å². The van der Waals surface area contributed by atoms with Crippen molar-refractivity contribution in [1.29, 1.82) is 0 Å². The van der Waals surface area contributed by atoms with Crippen molar-refractivity contribution in [1.82, 2.24) is 5.32 Å². The number of benzene rings is 2. The van der Waals surface area contributed by atoms with E-state index in [0.717, 1.165) is 11.3 Å². The molecule has 0 bridgehead atoms. The number of para-hydroxylation sites is 1. The van der Waals surface area contributed by atoms with Crippen molar-refractivity contribution < 1.29 is 19.4 Å². The number of anilines is 1. The zero-order chi connectivity index (χ0) is 17.4. The van der Waals surface area contributed by atoms with Gasteiger partial charge in [0, 0.05) is 12.2 Å². The first-order valence-electron chi connectivity index (χ1n) is 7.63. The lowest BCUT2D eigenvalue weighted by atomic mass is 10.2. The number of hydrogen-bond acceptors (Lipinski definition) is 3. The monoisotopic (exact) mass is 328 g/mol. The van der Waals surface area contributed by atoms with Gasteiger partial charge in [-0.2, -0.15) is 0 Å². The summed E-state index contributed by atoms with van der Waals surface area (Å²) in [4.78, 5) is 22.5. The number of aromatic carboxylic acids is 1. The Morgan fingerprint density at radius 3 is 2.46 bits per heavy atom. The van der Waals surface area contributed by atoms with E-state index < -0.39 is 5.97 Å². The Morgan fingerprint density at radius 2 is 1.79 bits per heavy atom. The van der Waals surface area contributed by atoms with E-state index in [2.05, 4.69) is 10.6 Å². The molecule has 0 aliphatic rings. The molecule has 2 aromatic carbocycles. The van der Waals surface area contributed by atoms with Crippen molar-refractivity contribution in [3.8, 4) is 5.75 Å². The Kier molecular flexibility index (Phi) is 6.19. The molecule has 0 spiro atoms. The third kappa shape index (κ3) is 5.31. The molecule has 0 atom stereocenters. The van der Waals surface area contributed by atoms with Gasteiger partial charge in [-0.25, -0.2) is 9.59 Å². The number of rotatable bonds is 7. The van der Waals surface area contributed by atoms with Gasteiger partial charge in [-0.1, -0.05) is 18.2 Å². The summed E-state index contributed by atoms with van der Waals surface area (Å²) in [6.07, 6.45) is 0.680. The molecule has 2 amide bonds. The number of carbonyl (C=O) groups is 2. The van der Waals surface area contributed by atoms with E-state index in [1.54, 1.807) is 12.1 Å². The van der Waals surface area contributed by atoms with Crippen molar-refractivity contribution in [2.75, 3.05) is 18.5 Å². The quantitative estimate of drug-likeness (QED) is 0.681. The normalized spacial score (nSPS) is 10.0. The molecule has 0 fully saturated rings. The molecule has 24 heavy (non-hydrogen) atoms. The van der Waals surface area contributed by atoms with Crippen LogP contribution in [0.25, 0.3) is 0 Å². The van der Waals surface area contributed by atoms with Crippen LogP contribution in [0.2, 0.25) is 0 Å². The summed E-state index contributed by atoms with van der Waals surface area (Å²) in [5, 5.41) is 14.2. The summed E-state index contributed by atoms with van der Waals surface area (Å²) in [6.45, 7) is 2.97. The molecule has 6 nitrogen and oxygen atoms in total. The summed E-state index contributed by atoms with van der Waals surface area (Å²) >= 11 is 0. The lowest BCUT2D eigenvalue weighted by Crippen LogP contribution is -2.30. The molecule has 2 aromatic rings. The minimum atomic E-state index is -1.00. The first-order chi connectivity index (χ1) is 11.6. The van der Waals surface area contributed by atoms with Crippen LogP contribution < -0.4 is 15.4 Å². The SMILES string of the molecule is Cc1ccccc1OCCCNC(=O)Nc1ccc(C(=O)O)cc1. The van der Waals surface area contributed by atoms with Gasteiger partial charge in [0.1, 0.15) is 5.75 Å². The fourth-order valence-electron chi connectivity index (χ4n) is 2.05. The predicted octanol–water partition coefficient (Wildman–Crippen LogP) is 3.28. The number of hydrogen-bond donors (Lipinski definition) is 3. The largest absolute Gasteiger partial charge is 0.493 e. The molecule has 2 rings (SSSR count). The third-order valence-corrected chi connectivity index (χ3v) is 3.35. The minimum Gasteiger partial charge on any atom is -0.493 e. The summed E-state index contributed by atoms with van der Waals surface area (Å²) in [5.74, 6) is -0.153. The molecule has 0 saturated heterocycles. The molecular formula is C18H20N2O4. The lowest BCUT2D eigenvalue weighted by molar-refractivity contribution is 0.0697. The average molecular weight is 328 g/mol. The number of nitrogens with one attached hydrogen (secondary N) is 2. The summed E-state index contributed by atoms with van der Waals surface area (Å²) in [7, 11) is 0. The standard InChI is InChI=1S/C18H20N2O4/c1-13-5-2-3-6-16(13)24-12-4-11-19-18(23)20-15-9-7-14(8-10-15)17(21)22/h2-3,5-10H,4,11-12H2,1H3,(H,21,22)(H2,19,20,23). The maximum Gasteiger partial charge on any atom is 0.335 e. The van der Waals surface area contributed by atoms with Gasteiger partial charge in [-0.3, -0.25) is 0 Å². The number of ether oxygens (including phenoxy) is 1. The molecule has 126 valence electrons. The summed E-state index contributed by atoms with van der Waals surface area (Å²) < 4.78 is 5.65. The zero-order valence-corrected chi connectivity index (χ0v) is 13.4. The van der Waals surface area contributed by atoms with E-state index in [1.165, 1.54) is 12.1 Å². The Morgan fingerprint density at radius 1 is 1.08 bits per heavy atom. The Bertz CT molecular complexity index is 698. The second-order valence-corrected chi connectivity index (χ2v) is 5.23. The second kappa shape index (κ2) is 8.57. The zero-order valence-electron chi connectivity index (χ0n) is 13.4. The van der Waals surface area contributed by atoms with Crippen LogP contribution in [0.3, 0.4) is 0 Å². The van der Waals surface area contributed by atoms with E-state index >= 15 is 0 Å². The van der Waals surface area contributed by atoms with Crippen LogP contribution in [0.4, 0.5) is 10.5 Å². The fourth-order valence-corrected chi connectivity index (χ4v) is 2.05. The molecule has 0 aliphatic carbocycles. The van der Waals surface area contributed by atoms with Gasteiger partial charge < -0.3 is 20.5 Å². The third-order valence-electron chi connectivity index (χ3n) is 3.35. The van der Waals surface area contributed by atoms with Crippen molar-refractivity contribution in [3.05, 3.63) is 59.7 Å². The molecule has 0 aliphatic heterocycles. The van der Waals surface area contributed by atoms with Gasteiger partial charge in [0.25, 0.3) is 0 Å². The molecule has 0 radical (unpaired) electrons. The van der Waals surface area contributed by atoms with E-state index in [9.17, 15) is 9.59 Å². The van der Waals surface area contributed by atoms with Gasteiger partial charge in [-0.05, 0) is 49.2 Å². The first kappa shape index (κ1) is 17.3. The van der Waals surface area contributed by atoms with E-state index in [4.69, 9.17) is 9.84 Å². The predicted molar refractivity (Wildman–Crippen MR) is 91.7 cm³/mol. The van der Waals surface area contributed by atoms with Gasteiger partial charge in [-0.15, -0.1) is 0 Å². The number of carbonyl (C=O) groups excluding carboxylic acids is 1. The van der Waals surface area contributed by atoms with Crippen LogP contribution in [0, 0.1) is 6.92 Å².